The third kappa shape index (κ3) is 5.14. The number of aromatic nitrogens is 4. The lowest BCUT2D eigenvalue weighted by Gasteiger charge is -2.15. The van der Waals surface area contributed by atoms with Crippen molar-refractivity contribution < 1.29 is 5.11 Å². The van der Waals surface area contributed by atoms with Crippen molar-refractivity contribution in [3.8, 4) is 11.1 Å². The quantitative estimate of drug-likeness (QED) is 0.307. The first-order chi connectivity index (χ1) is 17.7. The average Bonchev–Trinajstić information content (AvgIpc) is 3.13. The summed E-state index contributed by atoms with van der Waals surface area (Å²) in [7, 11) is 1.76. The molecule has 7 nitrogen and oxygen atoms in total. The number of rotatable bonds is 7. The molecule has 3 aromatic carbocycles. The minimum atomic E-state index is -1.12. The van der Waals surface area contributed by atoms with E-state index < -0.39 is 5.60 Å². The number of halogens is 1. The van der Waals surface area contributed by atoms with Crippen molar-refractivity contribution in [2.45, 2.75) is 32.5 Å². The van der Waals surface area contributed by atoms with Crippen molar-refractivity contribution in [3.05, 3.63) is 111 Å². The first-order valence-corrected chi connectivity index (χ1v) is 12.4. The molecule has 0 bridgehead atoms. The van der Waals surface area contributed by atoms with E-state index in [0.29, 0.717) is 29.3 Å². The molecule has 0 unspecified atom stereocenters. The van der Waals surface area contributed by atoms with Crippen LogP contribution in [-0.2, 0) is 25.7 Å². The van der Waals surface area contributed by atoms with Crippen molar-refractivity contribution in [2.75, 3.05) is 5.32 Å². The zero-order chi connectivity index (χ0) is 26.2. The zero-order valence-corrected chi connectivity index (χ0v) is 21.7. The molecule has 0 amide bonds. The Morgan fingerprint density at radius 1 is 0.973 bits per heavy atom. The molecule has 188 valence electrons. The van der Waals surface area contributed by atoms with Crippen LogP contribution < -0.4 is 10.9 Å². The number of aliphatic hydroxyl groups is 1. The number of nitrogens with zero attached hydrogens (tertiary/aromatic N) is 4. The topological polar surface area (TPSA) is 85.0 Å². The van der Waals surface area contributed by atoms with Gasteiger partial charge in [0, 0.05) is 42.3 Å². The maximum Gasteiger partial charge on any atom is 0.274 e. The second kappa shape index (κ2) is 9.84. The van der Waals surface area contributed by atoms with Crippen LogP contribution in [0.5, 0.6) is 0 Å². The summed E-state index contributed by atoms with van der Waals surface area (Å²) in [5, 5.41) is 14.9. The van der Waals surface area contributed by atoms with Crippen LogP contribution in [-0.4, -0.2) is 24.4 Å². The molecule has 0 atom stereocenters. The largest absolute Gasteiger partial charge is 0.382 e. The lowest BCUT2D eigenvalue weighted by atomic mass is 10.1. The number of benzene rings is 3. The Morgan fingerprint density at radius 3 is 2.41 bits per heavy atom. The van der Waals surface area contributed by atoms with E-state index in [-0.39, 0.29) is 5.56 Å². The number of hydrogen-bond donors (Lipinski definition) is 2. The van der Waals surface area contributed by atoms with Crippen molar-refractivity contribution in [1.29, 1.82) is 0 Å². The van der Waals surface area contributed by atoms with Crippen LogP contribution in [0.15, 0.2) is 83.9 Å². The SMILES string of the molecule is Cn1c(=O)c2ccc(-c3cnc(C(C)(C)O)nc3)cc2n1Cc1cc(NCc2ccccc2)ccc1Cl. The summed E-state index contributed by atoms with van der Waals surface area (Å²) in [5.41, 5.74) is 4.29. The second-order valence-electron chi connectivity index (χ2n) is 9.62. The molecule has 0 aliphatic heterocycles. The molecule has 0 fully saturated rings. The van der Waals surface area contributed by atoms with Gasteiger partial charge in [0.25, 0.3) is 5.56 Å². The normalized spacial score (nSPS) is 11.7. The molecule has 0 saturated heterocycles. The molecule has 5 rings (SSSR count). The Balaban J connectivity index is 1.47. The van der Waals surface area contributed by atoms with E-state index >= 15 is 0 Å². The van der Waals surface area contributed by atoms with Gasteiger partial charge in [-0.25, -0.2) is 9.97 Å². The van der Waals surface area contributed by atoms with Gasteiger partial charge in [0.2, 0.25) is 0 Å². The fraction of sp³-hybridized carbons (Fsp3) is 0.207. The van der Waals surface area contributed by atoms with E-state index in [2.05, 4.69) is 27.4 Å². The van der Waals surface area contributed by atoms with Gasteiger partial charge >= 0.3 is 0 Å². The molecule has 0 aliphatic rings. The predicted molar refractivity (Wildman–Crippen MR) is 148 cm³/mol. The maximum absolute atomic E-state index is 13.0. The lowest BCUT2D eigenvalue weighted by molar-refractivity contribution is 0.0687. The van der Waals surface area contributed by atoms with Crippen LogP contribution in [0, 0.1) is 0 Å². The molecule has 37 heavy (non-hydrogen) atoms. The highest BCUT2D eigenvalue weighted by molar-refractivity contribution is 6.31. The van der Waals surface area contributed by atoms with E-state index in [1.165, 1.54) is 5.56 Å². The van der Waals surface area contributed by atoms with Crippen LogP contribution in [0.1, 0.15) is 30.8 Å². The Kier molecular flexibility index (Phi) is 6.58. The van der Waals surface area contributed by atoms with E-state index in [1.54, 1.807) is 38.0 Å². The summed E-state index contributed by atoms with van der Waals surface area (Å²) in [6.07, 6.45) is 3.37. The highest BCUT2D eigenvalue weighted by Gasteiger charge is 2.19. The van der Waals surface area contributed by atoms with Gasteiger partial charge in [0.05, 0.1) is 17.4 Å². The minimum absolute atomic E-state index is 0.0790. The summed E-state index contributed by atoms with van der Waals surface area (Å²) in [6, 6.07) is 21.7. The van der Waals surface area contributed by atoms with Gasteiger partial charge < -0.3 is 10.4 Å². The van der Waals surface area contributed by atoms with Gasteiger partial charge in [-0.15, -0.1) is 0 Å². The molecule has 0 spiro atoms. The van der Waals surface area contributed by atoms with Crippen LogP contribution >= 0.6 is 11.6 Å². The summed E-state index contributed by atoms with van der Waals surface area (Å²) < 4.78 is 3.54. The predicted octanol–water partition coefficient (Wildman–Crippen LogP) is 5.34. The Labute approximate surface area is 220 Å². The molecule has 2 heterocycles. The number of fused-ring (bicyclic) bond motifs is 1. The maximum atomic E-state index is 13.0. The molecule has 8 heteroatoms. The van der Waals surface area contributed by atoms with Gasteiger partial charge in [-0.2, -0.15) is 0 Å². The lowest BCUT2D eigenvalue weighted by Crippen LogP contribution is -2.19. The third-order valence-corrected chi connectivity index (χ3v) is 6.77. The summed E-state index contributed by atoms with van der Waals surface area (Å²) in [6.45, 7) is 4.42. The standard InChI is InChI=1S/C29H28ClN5O2/c1-29(2,37)28-32-16-22(17-33-28)20-9-11-24-26(14-20)35(34(3)27(24)36)18-21-13-23(10-12-25(21)30)31-15-19-7-5-4-6-8-19/h4-14,16-17,31,37H,15,18H2,1-3H3. The van der Waals surface area contributed by atoms with Crippen LogP contribution in [0.4, 0.5) is 5.69 Å². The summed E-state index contributed by atoms with van der Waals surface area (Å²) in [5.74, 6) is 0.351. The summed E-state index contributed by atoms with van der Waals surface area (Å²) in [4.78, 5) is 21.6. The Bertz CT molecular complexity index is 1620. The van der Waals surface area contributed by atoms with E-state index in [0.717, 1.165) is 27.9 Å². The van der Waals surface area contributed by atoms with Crippen molar-refractivity contribution >= 4 is 28.2 Å². The molecule has 2 aromatic heterocycles. The molecule has 2 N–H and O–H groups in total. The van der Waals surface area contributed by atoms with E-state index in [1.807, 2.05) is 59.3 Å². The first-order valence-electron chi connectivity index (χ1n) is 12.0. The highest BCUT2D eigenvalue weighted by Crippen LogP contribution is 2.27. The third-order valence-electron chi connectivity index (χ3n) is 6.40. The number of nitrogens with one attached hydrogen (secondary N) is 1. The molecule has 0 aliphatic carbocycles. The molecular formula is C29H28ClN5O2. The Hall–Kier alpha value is -3.94. The van der Waals surface area contributed by atoms with E-state index in [9.17, 15) is 9.90 Å². The molecule has 0 radical (unpaired) electrons. The van der Waals surface area contributed by atoms with Gasteiger partial charge in [0.15, 0.2) is 5.82 Å². The first kappa shape index (κ1) is 24.7. The number of hydrogen-bond acceptors (Lipinski definition) is 5. The highest BCUT2D eigenvalue weighted by atomic mass is 35.5. The van der Waals surface area contributed by atoms with Crippen LogP contribution in [0.25, 0.3) is 22.0 Å². The van der Waals surface area contributed by atoms with Crippen LogP contribution in [0.2, 0.25) is 5.02 Å². The second-order valence-corrected chi connectivity index (χ2v) is 10.0. The molecule has 0 saturated carbocycles. The van der Waals surface area contributed by atoms with Gasteiger partial charge in [-0.05, 0) is 60.9 Å². The van der Waals surface area contributed by atoms with Crippen molar-refractivity contribution in [1.82, 2.24) is 19.3 Å². The fourth-order valence-corrected chi connectivity index (χ4v) is 4.48. The zero-order valence-electron chi connectivity index (χ0n) is 20.9. The summed E-state index contributed by atoms with van der Waals surface area (Å²) >= 11 is 6.59. The van der Waals surface area contributed by atoms with Gasteiger partial charge in [0.1, 0.15) is 5.60 Å². The van der Waals surface area contributed by atoms with Crippen LogP contribution in [0.3, 0.4) is 0 Å². The number of anilines is 1. The minimum Gasteiger partial charge on any atom is -0.382 e. The van der Waals surface area contributed by atoms with Crippen molar-refractivity contribution in [3.63, 3.8) is 0 Å². The fourth-order valence-electron chi connectivity index (χ4n) is 4.30. The van der Waals surface area contributed by atoms with E-state index in [4.69, 9.17) is 11.6 Å². The average molecular weight is 514 g/mol. The molecular weight excluding hydrogens is 486 g/mol. The monoisotopic (exact) mass is 513 g/mol. The van der Waals surface area contributed by atoms with Gasteiger partial charge in [-0.3, -0.25) is 14.2 Å². The molecule has 5 aromatic rings. The van der Waals surface area contributed by atoms with Gasteiger partial charge in [-0.1, -0.05) is 48.0 Å². The van der Waals surface area contributed by atoms with Crippen molar-refractivity contribution in [2.24, 2.45) is 7.05 Å². The smallest absolute Gasteiger partial charge is 0.274 e. The Morgan fingerprint density at radius 2 is 1.70 bits per heavy atom.